The van der Waals surface area contributed by atoms with Gasteiger partial charge in [0.05, 0.1) is 0 Å². The molecule has 0 unspecified atom stereocenters. The van der Waals surface area contributed by atoms with Gasteiger partial charge in [-0.1, -0.05) is 11.6 Å². The minimum absolute atomic E-state index is 0.632. The molecule has 0 atom stereocenters. The fourth-order valence-corrected chi connectivity index (χ4v) is 2.86. The van der Waals surface area contributed by atoms with Crippen molar-refractivity contribution in [2.24, 2.45) is 0 Å². The number of nitrogens with zero attached hydrogens (tertiary/aromatic N) is 2. The van der Waals surface area contributed by atoms with Crippen LogP contribution in [0.2, 0.25) is 5.02 Å². The average Bonchev–Trinajstić information content (AvgIpc) is 2.98. The molecule has 0 saturated heterocycles. The number of hydrogen-bond donors (Lipinski definition) is 1. The zero-order valence-electron chi connectivity index (χ0n) is 11.2. The number of thiazole rings is 1. The number of imidazole rings is 1. The first-order valence-electron chi connectivity index (χ1n) is 6.22. The van der Waals surface area contributed by atoms with Crippen molar-refractivity contribution in [2.75, 3.05) is 7.05 Å². The Morgan fingerprint density at radius 1 is 1.45 bits per heavy atom. The Bertz CT molecular complexity index is 750. The Kier molecular flexibility index (Phi) is 3.65. The lowest BCUT2D eigenvalue weighted by Crippen LogP contribution is -2.08. The van der Waals surface area contributed by atoms with Gasteiger partial charge in [-0.2, -0.15) is 4.98 Å². The Morgan fingerprint density at radius 2 is 2.30 bits per heavy atom. The molecular weight excluding hydrogens is 294 g/mol. The van der Waals surface area contributed by atoms with Crippen molar-refractivity contribution in [1.82, 2.24) is 14.7 Å². The van der Waals surface area contributed by atoms with E-state index in [4.69, 9.17) is 16.3 Å². The molecule has 0 aliphatic heterocycles. The number of ether oxygens (including phenoxy) is 1. The highest BCUT2D eigenvalue weighted by Crippen LogP contribution is 2.29. The van der Waals surface area contributed by atoms with Crippen molar-refractivity contribution in [3.8, 4) is 11.6 Å². The average molecular weight is 308 g/mol. The number of halogens is 1. The number of aromatic nitrogens is 2. The maximum absolute atomic E-state index is 6.03. The number of fused-ring (bicyclic) bond motifs is 1. The number of aryl methyl sites for hydroxylation is 1. The van der Waals surface area contributed by atoms with Crippen LogP contribution in [0, 0.1) is 6.92 Å². The molecule has 6 heteroatoms. The van der Waals surface area contributed by atoms with Crippen LogP contribution in [0.4, 0.5) is 0 Å². The molecule has 0 bridgehead atoms. The lowest BCUT2D eigenvalue weighted by molar-refractivity contribution is 0.457. The fraction of sp³-hybridized carbons (Fsp3) is 0.214. The van der Waals surface area contributed by atoms with Gasteiger partial charge in [0.15, 0.2) is 4.96 Å². The van der Waals surface area contributed by atoms with Crippen molar-refractivity contribution in [1.29, 1.82) is 0 Å². The predicted octanol–water partition coefficient (Wildman–Crippen LogP) is 3.87. The van der Waals surface area contributed by atoms with Crippen LogP contribution in [0.1, 0.15) is 11.3 Å². The molecule has 2 heterocycles. The summed E-state index contributed by atoms with van der Waals surface area (Å²) in [4.78, 5) is 5.45. The lowest BCUT2D eigenvalue weighted by Gasteiger charge is -2.07. The first kappa shape index (κ1) is 13.4. The van der Waals surface area contributed by atoms with Gasteiger partial charge in [0.2, 0.25) is 5.88 Å². The van der Waals surface area contributed by atoms with Crippen LogP contribution < -0.4 is 10.1 Å². The monoisotopic (exact) mass is 307 g/mol. The van der Waals surface area contributed by atoms with Crippen LogP contribution in [-0.2, 0) is 6.54 Å². The molecule has 0 fully saturated rings. The molecule has 0 aliphatic carbocycles. The van der Waals surface area contributed by atoms with E-state index in [1.807, 2.05) is 48.1 Å². The summed E-state index contributed by atoms with van der Waals surface area (Å²) in [5.74, 6) is 1.38. The molecule has 0 aliphatic rings. The largest absolute Gasteiger partial charge is 0.437 e. The SMILES string of the molecule is CNCc1c(Oc2ccc(Cl)c(C)c2)nc2sccn12. The van der Waals surface area contributed by atoms with E-state index in [-0.39, 0.29) is 0 Å². The van der Waals surface area contributed by atoms with E-state index in [1.165, 1.54) is 0 Å². The second-order valence-electron chi connectivity index (χ2n) is 4.46. The minimum Gasteiger partial charge on any atom is -0.437 e. The van der Waals surface area contributed by atoms with Crippen LogP contribution in [0.5, 0.6) is 11.6 Å². The standard InChI is InChI=1S/C14H14ClN3OS/c1-9-7-10(3-4-11(9)15)19-13-12(8-16-2)18-5-6-20-14(18)17-13/h3-7,16H,8H2,1-2H3. The topological polar surface area (TPSA) is 38.6 Å². The first-order chi connectivity index (χ1) is 9.69. The molecule has 3 rings (SSSR count). The minimum atomic E-state index is 0.632. The van der Waals surface area contributed by atoms with Crippen LogP contribution in [0.25, 0.3) is 4.96 Å². The molecule has 20 heavy (non-hydrogen) atoms. The summed E-state index contributed by atoms with van der Waals surface area (Å²) < 4.78 is 7.96. The van der Waals surface area contributed by atoms with E-state index in [2.05, 4.69) is 10.3 Å². The maximum Gasteiger partial charge on any atom is 0.243 e. The third-order valence-electron chi connectivity index (χ3n) is 3.01. The van der Waals surface area contributed by atoms with Crippen molar-refractivity contribution in [2.45, 2.75) is 13.5 Å². The molecule has 3 aromatic rings. The van der Waals surface area contributed by atoms with Crippen molar-refractivity contribution in [3.05, 3.63) is 46.1 Å². The third kappa shape index (κ3) is 2.40. The molecule has 0 saturated carbocycles. The fourth-order valence-electron chi connectivity index (χ4n) is 2.02. The van der Waals surface area contributed by atoms with Crippen molar-refractivity contribution >= 4 is 27.9 Å². The molecule has 2 aromatic heterocycles. The van der Waals surface area contributed by atoms with E-state index < -0.39 is 0 Å². The summed E-state index contributed by atoms with van der Waals surface area (Å²) in [6.07, 6.45) is 2.00. The van der Waals surface area contributed by atoms with Gasteiger partial charge in [-0.15, -0.1) is 11.3 Å². The molecule has 0 spiro atoms. The Labute approximate surface area is 126 Å². The molecular formula is C14H14ClN3OS. The summed E-state index contributed by atoms with van der Waals surface area (Å²) in [6.45, 7) is 2.65. The molecule has 0 radical (unpaired) electrons. The predicted molar refractivity (Wildman–Crippen MR) is 82.1 cm³/mol. The van der Waals surface area contributed by atoms with Crippen molar-refractivity contribution in [3.63, 3.8) is 0 Å². The van der Waals surface area contributed by atoms with Gasteiger partial charge < -0.3 is 10.1 Å². The molecule has 0 amide bonds. The number of hydrogen-bond acceptors (Lipinski definition) is 4. The molecule has 4 nitrogen and oxygen atoms in total. The van der Waals surface area contributed by atoms with Crippen LogP contribution >= 0.6 is 22.9 Å². The summed E-state index contributed by atoms with van der Waals surface area (Å²) in [5.41, 5.74) is 2.00. The van der Waals surface area contributed by atoms with E-state index in [0.29, 0.717) is 12.4 Å². The molecule has 1 aromatic carbocycles. The zero-order chi connectivity index (χ0) is 14.1. The van der Waals surface area contributed by atoms with Crippen LogP contribution in [-0.4, -0.2) is 16.4 Å². The van der Waals surface area contributed by atoms with Gasteiger partial charge in [-0.05, 0) is 37.7 Å². The second kappa shape index (κ2) is 5.44. The number of benzene rings is 1. The van der Waals surface area contributed by atoms with Gasteiger partial charge in [0.25, 0.3) is 0 Å². The Balaban J connectivity index is 1.98. The highest BCUT2D eigenvalue weighted by atomic mass is 35.5. The third-order valence-corrected chi connectivity index (χ3v) is 4.19. The van der Waals surface area contributed by atoms with Gasteiger partial charge in [-0.25, -0.2) is 0 Å². The highest BCUT2D eigenvalue weighted by Gasteiger charge is 2.14. The highest BCUT2D eigenvalue weighted by molar-refractivity contribution is 7.15. The second-order valence-corrected chi connectivity index (χ2v) is 5.74. The van der Waals surface area contributed by atoms with Crippen LogP contribution in [0.3, 0.4) is 0 Å². The van der Waals surface area contributed by atoms with E-state index >= 15 is 0 Å². The van der Waals surface area contributed by atoms with E-state index in [9.17, 15) is 0 Å². The lowest BCUT2D eigenvalue weighted by atomic mass is 10.2. The normalized spacial score (nSPS) is 11.2. The number of nitrogens with one attached hydrogen (secondary N) is 1. The molecule has 104 valence electrons. The van der Waals surface area contributed by atoms with Gasteiger partial charge in [0, 0.05) is 23.1 Å². The Morgan fingerprint density at radius 3 is 3.05 bits per heavy atom. The summed E-state index contributed by atoms with van der Waals surface area (Å²) in [7, 11) is 1.90. The van der Waals surface area contributed by atoms with Crippen LogP contribution in [0.15, 0.2) is 29.8 Å². The quantitative estimate of drug-likeness (QED) is 0.795. The first-order valence-corrected chi connectivity index (χ1v) is 7.48. The summed E-state index contributed by atoms with van der Waals surface area (Å²) in [6, 6.07) is 5.60. The van der Waals surface area contributed by atoms with E-state index in [0.717, 1.165) is 27.0 Å². The Hall–Kier alpha value is -1.56. The smallest absolute Gasteiger partial charge is 0.243 e. The number of rotatable bonds is 4. The maximum atomic E-state index is 6.03. The van der Waals surface area contributed by atoms with Gasteiger partial charge in [-0.3, -0.25) is 4.40 Å². The summed E-state index contributed by atoms with van der Waals surface area (Å²) in [5, 5.41) is 5.89. The summed E-state index contributed by atoms with van der Waals surface area (Å²) >= 11 is 7.62. The van der Waals surface area contributed by atoms with Gasteiger partial charge in [0.1, 0.15) is 11.4 Å². The zero-order valence-corrected chi connectivity index (χ0v) is 12.8. The van der Waals surface area contributed by atoms with Gasteiger partial charge >= 0.3 is 0 Å². The van der Waals surface area contributed by atoms with Crippen molar-refractivity contribution < 1.29 is 4.74 Å². The van der Waals surface area contributed by atoms with E-state index in [1.54, 1.807) is 11.3 Å². The molecule has 1 N–H and O–H groups in total.